The van der Waals surface area contributed by atoms with Crippen molar-refractivity contribution in [2.45, 2.75) is 51.6 Å². The molecule has 2 atom stereocenters. The summed E-state index contributed by atoms with van der Waals surface area (Å²) in [5.74, 6) is -0.0338. The number of aromatic nitrogens is 4. The van der Waals surface area contributed by atoms with E-state index in [0.29, 0.717) is 24.4 Å². The zero-order chi connectivity index (χ0) is 18.2. The summed E-state index contributed by atoms with van der Waals surface area (Å²) in [6, 6.07) is 5.43. The van der Waals surface area contributed by atoms with Crippen molar-refractivity contribution in [1.82, 2.24) is 25.5 Å². The Hall–Kier alpha value is -2.35. The van der Waals surface area contributed by atoms with Crippen LogP contribution in [-0.4, -0.2) is 38.7 Å². The van der Waals surface area contributed by atoms with Crippen molar-refractivity contribution < 1.29 is 9.18 Å². The van der Waals surface area contributed by atoms with Crippen LogP contribution in [-0.2, 0) is 11.2 Å². The molecule has 3 N–H and O–H groups in total. The van der Waals surface area contributed by atoms with Crippen molar-refractivity contribution in [3.8, 4) is 0 Å². The number of hydrogen-bond donors (Lipinski definition) is 2. The molecule has 0 aliphatic carbocycles. The van der Waals surface area contributed by atoms with Crippen LogP contribution >= 0.6 is 0 Å². The largest absolute Gasteiger partial charge is 0.350 e. The van der Waals surface area contributed by atoms with Crippen molar-refractivity contribution in [3.05, 3.63) is 41.5 Å². The third-order valence-corrected chi connectivity index (χ3v) is 4.11. The number of nitrogens with one attached hydrogen (secondary N) is 1. The average molecular weight is 348 g/mol. The Labute approximate surface area is 146 Å². The minimum atomic E-state index is -0.660. The number of benzene rings is 1. The fraction of sp³-hybridized carbons (Fsp3) is 0.529. The van der Waals surface area contributed by atoms with Gasteiger partial charge in [-0.3, -0.25) is 4.79 Å². The van der Waals surface area contributed by atoms with Crippen molar-refractivity contribution in [3.63, 3.8) is 0 Å². The normalized spacial score (nSPS) is 13.4. The van der Waals surface area contributed by atoms with Gasteiger partial charge in [0.2, 0.25) is 5.91 Å². The number of nitrogens with two attached hydrogens (primary N) is 1. The first-order valence-corrected chi connectivity index (χ1v) is 8.54. The molecule has 2 unspecified atom stereocenters. The highest BCUT2D eigenvalue weighted by Crippen LogP contribution is 2.16. The van der Waals surface area contributed by atoms with Gasteiger partial charge in [0.1, 0.15) is 17.7 Å². The first-order valence-electron chi connectivity index (χ1n) is 8.54. The third kappa shape index (κ3) is 5.32. The van der Waals surface area contributed by atoms with Crippen LogP contribution in [0.3, 0.4) is 0 Å². The number of amides is 1. The Morgan fingerprint density at radius 1 is 1.44 bits per heavy atom. The average Bonchev–Trinajstić information content (AvgIpc) is 3.02. The second-order valence-corrected chi connectivity index (χ2v) is 6.10. The van der Waals surface area contributed by atoms with Gasteiger partial charge in [0.15, 0.2) is 0 Å². The van der Waals surface area contributed by atoms with E-state index in [1.54, 1.807) is 19.1 Å². The Balaban J connectivity index is 2.19. The highest BCUT2D eigenvalue weighted by atomic mass is 19.1. The van der Waals surface area contributed by atoms with E-state index in [-0.39, 0.29) is 17.8 Å². The third-order valence-electron chi connectivity index (χ3n) is 4.11. The van der Waals surface area contributed by atoms with Gasteiger partial charge in [-0.05, 0) is 41.5 Å². The zero-order valence-corrected chi connectivity index (χ0v) is 14.7. The van der Waals surface area contributed by atoms with E-state index in [1.165, 1.54) is 16.8 Å². The van der Waals surface area contributed by atoms with Gasteiger partial charge in [-0.25, -0.2) is 9.07 Å². The molecular formula is C17H25FN6O. The fourth-order valence-corrected chi connectivity index (χ4v) is 2.70. The van der Waals surface area contributed by atoms with E-state index in [0.717, 1.165) is 19.3 Å². The standard InChI is InChI=1S/C17H25FN6O/c1-3-4-8-15(11-19)20-17(25)16(24-12(2)21-22-23-24)10-13-6-5-7-14(18)9-13/h5-7,9,15-16H,3-4,8,10-11,19H2,1-2H3,(H,20,25). The van der Waals surface area contributed by atoms with E-state index in [1.807, 2.05) is 0 Å². The van der Waals surface area contributed by atoms with Gasteiger partial charge in [-0.2, -0.15) is 0 Å². The number of carbonyl (C=O) groups excluding carboxylic acids is 1. The molecule has 7 nitrogen and oxygen atoms in total. The maximum atomic E-state index is 13.5. The number of nitrogens with zero attached hydrogens (tertiary/aromatic N) is 4. The lowest BCUT2D eigenvalue weighted by Crippen LogP contribution is -2.44. The molecule has 2 aromatic rings. The summed E-state index contributed by atoms with van der Waals surface area (Å²) < 4.78 is 14.9. The number of aryl methyl sites for hydroxylation is 1. The molecule has 25 heavy (non-hydrogen) atoms. The molecule has 1 heterocycles. The van der Waals surface area contributed by atoms with Gasteiger partial charge < -0.3 is 11.1 Å². The number of hydrogen-bond acceptors (Lipinski definition) is 5. The minimum absolute atomic E-state index is 0.0979. The van der Waals surface area contributed by atoms with Crippen molar-refractivity contribution in [2.75, 3.05) is 6.54 Å². The highest BCUT2D eigenvalue weighted by molar-refractivity contribution is 5.80. The van der Waals surface area contributed by atoms with Crippen LogP contribution in [0.25, 0.3) is 0 Å². The lowest BCUT2D eigenvalue weighted by molar-refractivity contribution is -0.125. The molecule has 136 valence electrons. The maximum absolute atomic E-state index is 13.5. The molecule has 0 spiro atoms. The van der Waals surface area contributed by atoms with Gasteiger partial charge in [0, 0.05) is 19.0 Å². The van der Waals surface area contributed by atoms with Crippen LogP contribution in [0.15, 0.2) is 24.3 Å². The molecule has 1 aromatic carbocycles. The number of unbranched alkanes of at least 4 members (excludes halogenated alkanes) is 1. The van der Waals surface area contributed by atoms with Crippen LogP contribution in [0.4, 0.5) is 4.39 Å². The Morgan fingerprint density at radius 2 is 2.24 bits per heavy atom. The van der Waals surface area contributed by atoms with Gasteiger partial charge in [0.25, 0.3) is 0 Å². The molecule has 0 aliphatic rings. The Kier molecular flexibility index (Phi) is 7.00. The molecule has 0 bridgehead atoms. The van der Waals surface area contributed by atoms with Crippen LogP contribution in [0.2, 0.25) is 0 Å². The van der Waals surface area contributed by atoms with E-state index in [9.17, 15) is 9.18 Å². The van der Waals surface area contributed by atoms with Gasteiger partial charge >= 0.3 is 0 Å². The summed E-state index contributed by atoms with van der Waals surface area (Å²) in [4.78, 5) is 12.8. The number of tetrazole rings is 1. The molecule has 0 saturated carbocycles. The second-order valence-electron chi connectivity index (χ2n) is 6.10. The van der Waals surface area contributed by atoms with Crippen LogP contribution in [0.5, 0.6) is 0 Å². The number of carbonyl (C=O) groups is 1. The smallest absolute Gasteiger partial charge is 0.245 e. The molecule has 1 aromatic heterocycles. The summed E-state index contributed by atoms with van der Waals surface area (Å²) >= 11 is 0. The first-order chi connectivity index (χ1) is 12.0. The molecule has 2 rings (SSSR count). The quantitative estimate of drug-likeness (QED) is 0.716. The fourth-order valence-electron chi connectivity index (χ4n) is 2.70. The van der Waals surface area contributed by atoms with E-state index < -0.39 is 6.04 Å². The molecule has 0 aliphatic heterocycles. The minimum Gasteiger partial charge on any atom is -0.350 e. The summed E-state index contributed by atoms with van der Waals surface area (Å²) in [5, 5.41) is 14.4. The second kappa shape index (κ2) is 9.22. The molecule has 8 heteroatoms. The Bertz CT molecular complexity index is 689. The van der Waals surface area contributed by atoms with Gasteiger partial charge in [-0.1, -0.05) is 31.9 Å². The number of rotatable bonds is 9. The molecule has 0 fully saturated rings. The van der Waals surface area contributed by atoms with Crippen molar-refractivity contribution >= 4 is 5.91 Å². The van der Waals surface area contributed by atoms with Gasteiger partial charge in [-0.15, -0.1) is 5.10 Å². The van der Waals surface area contributed by atoms with E-state index in [2.05, 4.69) is 27.8 Å². The van der Waals surface area contributed by atoms with Gasteiger partial charge in [0.05, 0.1) is 0 Å². The lowest BCUT2D eigenvalue weighted by atomic mass is 10.0. The molecule has 1 amide bonds. The SMILES string of the molecule is CCCCC(CN)NC(=O)C(Cc1cccc(F)c1)n1nnnc1C. The molecular weight excluding hydrogens is 323 g/mol. The summed E-state index contributed by atoms with van der Waals surface area (Å²) in [6.45, 7) is 4.18. The molecule has 0 saturated heterocycles. The van der Waals surface area contributed by atoms with Crippen LogP contribution in [0.1, 0.15) is 43.6 Å². The van der Waals surface area contributed by atoms with Crippen molar-refractivity contribution in [1.29, 1.82) is 0 Å². The van der Waals surface area contributed by atoms with E-state index >= 15 is 0 Å². The lowest BCUT2D eigenvalue weighted by Gasteiger charge is -2.22. The zero-order valence-electron chi connectivity index (χ0n) is 14.7. The van der Waals surface area contributed by atoms with E-state index in [4.69, 9.17) is 5.73 Å². The van der Waals surface area contributed by atoms with Crippen molar-refractivity contribution in [2.24, 2.45) is 5.73 Å². The summed E-state index contributed by atoms with van der Waals surface area (Å²) in [7, 11) is 0. The van der Waals surface area contributed by atoms with Crippen LogP contribution in [0, 0.1) is 12.7 Å². The van der Waals surface area contributed by atoms with Crippen LogP contribution < -0.4 is 11.1 Å². The first kappa shape index (κ1) is 19.0. The highest BCUT2D eigenvalue weighted by Gasteiger charge is 2.26. The summed E-state index contributed by atoms with van der Waals surface area (Å²) in [5.41, 5.74) is 6.47. The predicted molar refractivity (Wildman–Crippen MR) is 92.2 cm³/mol. The monoisotopic (exact) mass is 348 g/mol. The maximum Gasteiger partial charge on any atom is 0.245 e. The molecule has 0 radical (unpaired) electrons. The topological polar surface area (TPSA) is 98.7 Å². The summed E-state index contributed by atoms with van der Waals surface area (Å²) in [6.07, 6.45) is 3.13. The number of halogens is 1. The Morgan fingerprint density at radius 3 is 2.84 bits per heavy atom. The predicted octanol–water partition coefficient (Wildman–Crippen LogP) is 1.54.